The maximum absolute atomic E-state index is 12.2. The lowest BCUT2D eigenvalue weighted by atomic mass is 10.1. The summed E-state index contributed by atoms with van der Waals surface area (Å²) in [7, 11) is 3.46. The van der Waals surface area contributed by atoms with Gasteiger partial charge in [-0.25, -0.2) is 0 Å². The van der Waals surface area contributed by atoms with Crippen molar-refractivity contribution in [3.05, 3.63) is 39.7 Å². The van der Waals surface area contributed by atoms with E-state index in [1.807, 2.05) is 39.0 Å². The molecule has 0 saturated carbocycles. The molecule has 1 heterocycles. The molecule has 1 aromatic heterocycles. The zero-order valence-corrected chi connectivity index (χ0v) is 18.3. The molecule has 0 aliphatic carbocycles. The monoisotopic (exact) mass is 402 g/mol. The highest BCUT2D eigenvalue weighted by Crippen LogP contribution is 2.26. The second-order valence-corrected chi connectivity index (χ2v) is 8.11. The number of methoxy groups -OCH3 is 1. The number of hydrogen-bond donors (Lipinski definition) is 0. The van der Waals surface area contributed by atoms with Gasteiger partial charge < -0.3 is 14.1 Å². The van der Waals surface area contributed by atoms with Crippen LogP contribution >= 0.6 is 11.8 Å². The van der Waals surface area contributed by atoms with Gasteiger partial charge in [-0.2, -0.15) is 5.26 Å². The number of aromatic nitrogens is 1. The summed E-state index contributed by atoms with van der Waals surface area (Å²) in [5.41, 5.74) is 1.66. The fourth-order valence-electron chi connectivity index (χ4n) is 2.61. The third kappa shape index (κ3) is 6.81. The van der Waals surface area contributed by atoms with E-state index in [2.05, 4.69) is 6.07 Å². The molecule has 6 heteroatoms. The third-order valence-electron chi connectivity index (χ3n) is 4.27. The summed E-state index contributed by atoms with van der Waals surface area (Å²) in [6.07, 6.45) is 4.33. The van der Waals surface area contributed by atoms with Crippen molar-refractivity contribution in [2.24, 2.45) is 13.0 Å². The Labute approximate surface area is 171 Å². The first-order valence-corrected chi connectivity index (χ1v) is 10.5. The number of ether oxygens (including phenoxy) is 1. The van der Waals surface area contributed by atoms with Gasteiger partial charge in [-0.05, 0) is 43.2 Å². The lowest BCUT2D eigenvalue weighted by Gasteiger charge is -2.11. The molecule has 28 heavy (non-hydrogen) atoms. The molecule has 0 aliphatic rings. The van der Waals surface area contributed by atoms with Crippen LogP contribution in [0.1, 0.15) is 44.2 Å². The van der Waals surface area contributed by atoms with Crippen LogP contribution in [-0.2, 0) is 16.6 Å². The number of fused-ring (bicyclic) bond motifs is 1. The number of thioether (sulfide) groups is 1. The lowest BCUT2D eigenvalue weighted by Crippen LogP contribution is -2.21. The second-order valence-electron chi connectivity index (χ2n) is 6.94. The van der Waals surface area contributed by atoms with Crippen molar-refractivity contribution in [1.82, 2.24) is 4.57 Å². The molecular formula is C22H30N2O3S. The van der Waals surface area contributed by atoms with Crippen molar-refractivity contribution in [1.29, 1.82) is 5.26 Å². The molecule has 5 nitrogen and oxygen atoms in total. The summed E-state index contributed by atoms with van der Waals surface area (Å²) < 4.78 is 6.62. The predicted octanol–water partition coefficient (Wildman–Crippen LogP) is 4.47. The molecule has 0 bridgehead atoms. The van der Waals surface area contributed by atoms with Crippen LogP contribution < -0.4 is 5.56 Å². The maximum atomic E-state index is 12.2. The van der Waals surface area contributed by atoms with E-state index in [4.69, 9.17) is 10.00 Å². The molecule has 0 amide bonds. The van der Waals surface area contributed by atoms with E-state index in [0.717, 1.165) is 59.3 Å². The van der Waals surface area contributed by atoms with Gasteiger partial charge in [0.2, 0.25) is 0 Å². The lowest BCUT2D eigenvalue weighted by molar-refractivity contribution is -0.110. The van der Waals surface area contributed by atoms with Crippen LogP contribution in [0.2, 0.25) is 0 Å². The molecule has 0 spiro atoms. The average molecular weight is 403 g/mol. The molecule has 0 radical (unpaired) electrons. The standard InChI is InChI=1S/C18H22N2O2S.C4H8O/c1-13-15-8-7-14(23-10-6-4-5-9-22-3)11-17(15)20(2)18(21)16(13)12-19;1-4(2)3-5/h7-8,11H,4-6,9-10H2,1-3H3;3-4H,1-2H3. The molecule has 0 atom stereocenters. The number of carbonyl (C=O) groups is 1. The van der Waals surface area contributed by atoms with Crippen molar-refractivity contribution >= 4 is 29.0 Å². The number of pyridine rings is 1. The van der Waals surface area contributed by atoms with Crippen molar-refractivity contribution in [2.75, 3.05) is 19.5 Å². The molecule has 2 rings (SSSR count). The Balaban J connectivity index is 0.000000696. The third-order valence-corrected chi connectivity index (χ3v) is 5.35. The average Bonchev–Trinajstić information content (AvgIpc) is 2.69. The van der Waals surface area contributed by atoms with Gasteiger partial charge in [-0.1, -0.05) is 26.3 Å². The smallest absolute Gasteiger partial charge is 0.268 e. The van der Waals surface area contributed by atoms with Crippen LogP contribution in [0.5, 0.6) is 0 Å². The van der Waals surface area contributed by atoms with E-state index < -0.39 is 0 Å². The van der Waals surface area contributed by atoms with Gasteiger partial charge in [0.1, 0.15) is 17.9 Å². The first kappa shape index (κ1) is 23.9. The predicted molar refractivity (Wildman–Crippen MR) is 116 cm³/mol. The summed E-state index contributed by atoms with van der Waals surface area (Å²) in [4.78, 5) is 22.9. The summed E-state index contributed by atoms with van der Waals surface area (Å²) in [5, 5.41) is 10.1. The molecular weight excluding hydrogens is 372 g/mol. The topological polar surface area (TPSA) is 72.1 Å². The van der Waals surface area contributed by atoms with E-state index in [9.17, 15) is 9.59 Å². The number of rotatable bonds is 8. The molecule has 0 saturated heterocycles. The maximum Gasteiger partial charge on any atom is 0.268 e. The summed E-state index contributed by atoms with van der Waals surface area (Å²) >= 11 is 1.80. The largest absolute Gasteiger partial charge is 0.385 e. The fourth-order valence-corrected chi connectivity index (χ4v) is 3.56. The highest BCUT2D eigenvalue weighted by atomic mass is 32.2. The van der Waals surface area contributed by atoms with Crippen LogP contribution in [0.3, 0.4) is 0 Å². The van der Waals surface area contributed by atoms with E-state index in [1.165, 1.54) is 0 Å². The normalized spacial score (nSPS) is 10.5. The molecule has 2 aromatic rings. The highest BCUT2D eigenvalue weighted by Gasteiger charge is 2.12. The van der Waals surface area contributed by atoms with Gasteiger partial charge in [0.25, 0.3) is 5.56 Å². The van der Waals surface area contributed by atoms with Crippen LogP contribution in [0.25, 0.3) is 10.9 Å². The summed E-state index contributed by atoms with van der Waals surface area (Å²) in [5.74, 6) is 1.26. The Morgan fingerprint density at radius 2 is 1.96 bits per heavy atom. The van der Waals surface area contributed by atoms with Crippen molar-refractivity contribution in [2.45, 2.75) is 44.9 Å². The van der Waals surface area contributed by atoms with Crippen LogP contribution in [-0.4, -0.2) is 30.3 Å². The second kappa shape index (κ2) is 12.4. The summed E-state index contributed by atoms with van der Waals surface area (Å²) in [6.45, 7) is 6.37. The van der Waals surface area contributed by atoms with Crippen LogP contribution in [0, 0.1) is 24.2 Å². The fraction of sp³-hybridized carbons (Fsp3) is 0.500. The zero-order valence-electron chi connectivity index (χ0n) is 17.4. The van der Waals surface area contributed by atoms with Crippen molar-refractivity contribution in [3.63, 3.8) is 0 Å². The molecule has 0 N–H and O–H groups in total. The highest BCUT2D eigenvalue weighted by molar-refractivity contribution is 7.99. The Morgan fingerprint density at radius 1 is 1.29 bits per heavy atom. The quantitative estimate of drug-likeness (QED) is 0.370. The first-order valence-electron chi connectivity index (χ1n) is 9.47. The number of carbonyl (C=O) groups excluding carboxylic acids is 1. The van der Waals surface area contributed by atoms with E-state index >= 15 is 0 Å². The molecule has 1 aromatic carbocycles. The number of benzene rings is 1. The molecule has 0 aliphatic heterocycles. The number of hydrogen-bond acceptors (Lipinski definition) is 5. The number of aldehydes is 1. The van der Waals surface area contributed by atoms with Crippen molar-refractivity contribution < 1.29 is 9.53 Å². The van der Waals surface area contributed by atoms with Crippen molar-refractivity contribution in [3.8, 4) is 6.07 Å². The molecule has 0 fully saturated rings. The Morgan fingerprint density at radius 3 is 2.54 bits per heavy atom. The minimum Gasteiger partial charge on any atom is -0.385 e. The Hall–Kier alpha value is -2.10. The molecule has 152 valence electrons. The zero-order chi connectivity index (χ0) is 21.1. The van der Waals surface area contributed by atoms with Crippen LogP contribution in [0.4, 0.5) is 0 Å². The number of nitriles is 1. The van der Waals surface area contributed by atoms with E-state index in [1.54, 1.807) is 30.5 Å². The first-order chi connectivity index (χ1) is 13.4. The van der Waals surface area contributed by atoms with Gasteiger partial charge in [0, 0.05) is 37.0 Å². The van der Waals surface area contributed by atoms with Gasteiger partial charge in [-0.3, -0.25) is 4.79 Å². The Kier molecular flexibility index (Phi) is 10.6. The minimum absolute atomic E-state index is 0.204. The van der Waals surface area contributed by atoms with Crippen LogP contribution in [0.15, 0.2) is 27.9 Å². The van der Waals surface area contributed by atoms with Gasteiger partial charge in [0.15, 0.2) is 0 Å². The minimum atomic E-state index is -0.223. The number of aryl methyl sites for hydroxylation is 2. The van der Waals surface area contributed by atoms with Gasteiger partial charge >= 0.3 is 0 Å². The van der Waals surface area contributed by atoms with Gasteiger partial charge in [-0.15, -0.1) is 11.8 Å². The number of unbranched alkanes of at least 4 members (excludes halogenated alkanes) is 2. The summed E-state index contributed by atoms with van der Waals surface area (Å²) in [6, 6.07) is 8.15. The van der Waals surface area contributed by atoms with E-state index in [-0.39, 0.29) is 17.0 Å². The van der Waals surface area contributed by atoms with Gasteiger partial charge in [0.05, 0.1) is 5.52 Å². The number of nitrogens with zero attached hydrogens (tertiary/aromatic N) is 2. The van der Waals surface area contributed by atoms with E-state index in [0.29, 0.717) is 0 Å². The molecule has 0 unspecified atom stereocenters. The SMILES string of the molecule is CC(C)C=O.COCCCCCSc1ccc2c(C)c(C#N)c(=O)n(C)c2c1. The Bertz CT molecular complexity index is 882.